The van der Waals surface area contributed by atoms with Crippen molar-refractivity contribution in [3.8, 4) is 11.1 Å². The van der Waals surface area contributed by atoms with E-state index in [-0.39, 0.29) is 5.41 Å². The Hall–Kier alpha value is -2.56. The van der Waals surface area contributed by atoms with Crippen LogP contribution in [0.25, 0.3) is 33.1 Å². The van der Waals surface area contributed by atoms with Gasteiger partial charge in [-0.3, -0.25) is 0 Å². The average Bonchev–Trinajstić information content (AvgIpc) is 3.08. The van der Waals surface area contributed by atoms with Crippen molar-refractivity contribution in [2.24, 2.45) is 0 Å². The first kappa shape index (κ1) is 14.8. The second-order valence-corrected chi connectivity index (χ2v) is 7.23. The Balaban J connectivity index is 2.00. The molecule has 25 heavy (non-hydrogen) atoms. The van der Waals surface area contributed by atoms with Crippen LogP contribution in [0.5, 0.6) is 0 Å². The third-order valence-corrected chi connectivity index (χ3v) is 5.49. The van der Waals surface area contributed by atoms with Crippen LogP contribution >= 0.6 is 0 Å². The van der Waals surface area contributed by atoms with Crippen LogP contribution in [0.2, 0.25) is 0 Å². The van der Waals surface area contributed by atoms with Crippen LogP contribution in [-0.2, 0) is 5.41 Å². The van der Waals surface area contributed by atoms with Gasteiger partial charge in [-0.2, -0.15) is 0 Å². The number of furan rings is 1. The van der Waals surface area contributed by atoms with Gasteiger partial charge >= 0.3 is 7.12 Å². The highest BCUT2D eigenvalue weighted by Gasteiger charge is 2.40. The van der Waals surface area contributed by atoms with Gasteiger partial charge in [0.1, 0.15) is 11.2 Å². The Labute approximate surface area is 145 Å². The summed E-state index contributed by atoms with van der Waals surface area (Å²) in [6.07, 6.45) is 0. The summed E-state index contributed by atoms with van der Waals surface area (Å²) in [6, 6.07) is 17.9. The topological polar surface area (TPSA) is 53.6 Å². The molecular formula is C21H17BO3. The lowest BCUT2D eigenvalue weighted by Crippen LogP contribution is -2.37. The summed E-state index contributed by atoms with van der Waals surface area (Å²) in [4.78, 5) is 0. The molecule has 0 unspecified atom stereocenters. The molecule has 0 fully saturated rings. The van der Waals surface area contributed by atoms with Crippen molar-refractivity contribution in [3.63, 3.8) is 0 Å². The summed E-state index contributed by atoms with van der Waals surface area (Å²) in [7, 11) is -1.49. The van der Waals surface area contributed by atoms with Gasteiger partial charge in [0.2, 0.25) is 0 Å². The fourth-order valence-corrected chi connectivity index (χ4v) is 4.44. The van der Waals surface area contributed by atoms with E-state index in [1.165, 1.54) is 5.56 Å². The minimum absolute atomic E-state index is 0.308. The van der Waals surface area contributed by atoms with Gasteiger partial charge < -0.3 is 14.5 Å². The van der Waals surface area contributed by atoms with E-state index in [9.17, 15) is 10.0 Å². The van der Waals surface area contributed by atoms with Crippen LogP contribution in [0.3, 0.4) is 0 Å². The largest absolute Gasteiger partial charge is 0.488 e. The number of fused-ring (bicyclic) bond motifs is 7. The predicted molar refractivity (Wildman–Crippen MR) is 101 cm³/mol. The molecule has 0 saturated heterocycles. The van der Waals surface area contributed by atoms with Crippen molar-refractivity contribution >= 4 is 34.5 Å². The van der Waals surface area contributed by atoms with Gasteiger partial charge in [0.15, 0.2) is 0 Å². The predicted octanol–water partition coefficient (Wildman–Crippen LogP) is 3.57. The first-order valence-electron chi connectivity index (χ1n) is 8.45. The number of hydrogen-bond donors (Lipinski definition) is 2. The highest BCUT2D eigenvalue weighted by atomic mass is 16.4. The molecule has 4 aromatic rings. The molecule has 5 rings (SSSR count). The Bertz CT molecular complexity index is 1150. The monoisotopic (exact) mass is 328 g/mol. The molecule has 0 saturated carbocycles. The van der Waals surface area contributed by atoms with E-state index in [1.807, 2.05) is 30.3 Å². The van der Waals surface area contributed by atoms with Crippen LogP contribution < -0.4 is 5.46 Å². The maximum absolute atomic E-state index is 9.88. The molecular weight excluding hydrogens is 311 g/mol. The smallest absolute Gasteiger partial charge is 0.456 e. The van der Waals surface area contributed by atoms with Gasteiger partial charge in [0.05, 0.1) is 0 Å². The zero-order valence-electron chi connectivity index (χ0n) is 14.1. The standard InChI is InChI=1S/C21H17BO3/c1-21(2)14-10-11-17-19(12-6-3-4-9-16(12)25-17)18(14)13-7-5-8-15(20(13)21)22(23)24/h3-11,23-24H,1-2H3. The maximum Gasteiger partial charge on any atom is 0.488 e. The number of benzene rings is 3. The van der Waals surface area contributed by atoms with Crippen molar-refractivity contribution in [2.45, 2.75) is 19.3 Å². The molecule has 1 aromatic heterocycles. The highest BCUT2D eigenvalue weighted by Crippen LogP contribution is 2.52. The van der Waals surface area contributed by atoms with Crippen LogP contribution in [-0.4, -0.2) is 17.2 Å². The fraction of sp³-hybridized carbons (Fsp3) is 0.143. The lowest BCUT2D eigenvalue weighted by atomic mass is 9.69. The molecule has 2 N–H and O–H groups in total. The van der Waals surface area contributed by atoms with Crippen molar-refractivity contribution in [2.75, 3.05) is 0 Å². The summed E-state index contributed by atoms with van der Waals surface area (Å²) in [5.74, 6) is 0. The summed E-state index contributed by atoms with van der Waals surface area (Å²) in [5.41, 5.74) is 6.37. The summed E-state index contributed by atoms with van der Waals surface area (Å²) < 4.78 is 6.04. The average molecular weight is 328 g/mol. The van der Waals surface area contributed by atoms with Crippen LogP contribution in [0.15, 0.2) is 59.0 Å². The molecule has 0 radical (unpaired) electrons. The molecule has 0 spiro atoms. The van der Waals surface area contributed by atoms with Gasteiger partial charge in [-0.1, -0.05) is 56.3 Å². The van der Waals surface area contributed by atoms with Crippen molar-refractivity contribution in [1.29, 1.82) is 0 Å². The SMILES string of the molecule is CC1(C)c2ccc3oc4ccccc4c3c2-c2cccc(B(O)O)c21. The van der Waals surface area contributed by atoms with Gasteiger partial charge in [-0.25, -0.2) is 0 Å². The lowest BCUT2D eigenvalue weighted by Gasteiger charge is -2.24. The van der Waals surface area contributed by atoms with E-state index in [0.29, 0.717) is 5.46 Å². The first-order chi connectivity index (χ1) is 12.0. The van der Waals surface area contributed by atoms with Crippen LogP contribution in [0.1, 0.15) is 25.0 Å². The second-order valence-electron chi connectivity index (χ2n) is 7.23. The van der Waals surface area contributed by atoms with Crippen LogP contribution in [0.4, 0.5) is 0 Å². The molecule has 0 amide bonds. The normalized spacial score (nSPS) is 14.7. The van der Waals surface area contributed by atoms with E-state index < -0.39 is 7.12 Å². The number of para-hydroxylation sites is 1. The number of rotatable bonds is 1. The molecule has 1 heterocycles. The minimum atomic E-state index is -1.49. The molecule has 1 aliphatic rings. The van der Waals surface area contributed by atoms with Gasteiger partial charge in [0, 0.05) is 16.2 Å². The third-order valence-electron chi connectivity index (χ3n) is 5.49. The molecule has 122 valence electrons. The molecule has 0 aliphatic heterocycles. The quantitative estimate of drug-likeness (QED) is 0.525. The highest BCUT2D eigenvalue weighted by molar-refractivity contribution is 6.59. The summed E-state index contributed by atoms with van der Waals surface area (Å²) in [6.45, 7) is 4.27. The fourth-order valence-electron chi connectivity index (χ4n) is 4.44. The van der Waals surface area contributed by atoms with Crippen molar-refractivity contribution in [1.82, 2.24) is 0 Å². The van der Waals surface area contributed by atoms with E-state index in [4.69, 9.17) is 4.42 Å². The Morgan fingerprint density at radius 1 is 0.880 bits per heavy atom. The first-order valence-corrected chi connectivity index (χ1v) is 8.45. The third kappa shape index (κ3) is 1.78. The molecule has 3 nitrogen and oxygen atoms in total. The lowest BCUT2D eigenvalue weighted by molar-refractivity contribution is 0.424. The minimum Gasteiger partial charge on any atom is -0.456 e. The maximum atomic E-state index is 9.88. The zero-order chi connectivity index (χ0) is 17.3. The van der Waals surface area contributed by atoms with Crippen molar-refractivity contribution in [3.05, 3.63) is 65.7 Å². The molecule has 1 aliphatic carbocycles. The van der Waals surface area contributed by atoms with Gasteiger partial charge in [0.25, 0.3) is 0 Å². The molecule has 4 heteroatoms. The summed E-state index contributed by atoms with van der Waals surface area (Å²) in [5, 5.41) is 22.0. The van der Waals surface area contributed by atoms with Gasteiger partial charge in [-0.05, 0) is 39.8 Å². The van der Waals surface area contributed by atoms with E-state index in [2.05, 4.69) is 32.0 Å². The molecule has 0 atom stereocenters. The van der Waals surface area contributed by atoms with E-state index >= 15 is 0 Å². The number of hydrogen-bond acceptors (Lipinski definition) is 3. The Kier molecular flexibility index (Phi) is 2.80. The summed E-state index contributed by atoms with van der Waals surface area (Å²) >= 11 is 0. The van der Waals surface area contributed by atoms with E-state index in [0.717, 1.165) is 38.6 Å². The zero-order valence-corrected chi connectivity index (χ0v) is 14.1. The molecule has 0 bridgehead atoms. The molecule has 3 aromatic carbocycles. The van der Waals surface area contributed by atoms with Crippen LogP contribution in [0, 0.1) is 0 Å². The Morgan fingerprint density at radius 2 is 1.68 bits per heavy atom. The van der Waals surface area contributed by atoms with Gasteiger partial charge in [-0.15, -0.1) is 0 Å². The second kappa shape index (κ2) is 4.75. The van der Waals surface area contributed by atoms with Crippen molar-refractivity contribution < 1.29 is 14.5 Å². The Morgan fingerprint density at radius 3 is 2.48 bits per heavy atom. The van der Waals surface area contributed by atoms with E-state index in [1.54, 1.807) is 6.07 Å².